The van der Waals surface area contributed by atoms with Gasteiger partial charge in [-0.1, -0.05) is 23.2 Å². The van der Waals surface area contributed by atoms with Gasteiger partial charge in [0.25, 0.3) is 6.47 Å². The molecule has 0 unspecified atom stereocenters. The zero-order chi connectivity index (χ0) is 17.1. The van der Waals surface area contributed by atoms with Gasteiger partial charge in [0, 0.05) is 19.7 Å². The topological polar surface area (TPSA) is 68.4 Å². The average molecular weight is 358 g/mol. The average Bonchev–Trinajstić information content (AvgIpc) is 2.48. The van der Waals surface area contributed by atoms with Gasteiger partial charge in [0.2, 0.25) is 0 Å². The SMILES string of the molecule is CN(C)c1c(Cl)ccc(-c2cc(N)c(Cl)c(COC=O)n2)c1F. The molecule has 0 aliphatic carbocycles. The van der Waals surface area contributed by atoms with E-state index in [1.165, 1.54) is 12.1 Å². The molecule has 0 saturated carbocycles. The van der Waals surface area contributed by atoms with E-state index in [1.54, 1.807) is 25.1 Å². The van der Waals surface area contributed by atoms with E-state index in [2.05, 4.69) is 9.72 Å². The van der Waals surface area contributed by atoms with Crippen LogP contribution in [0.4, 0.5) is 15.8 Å². The number of aromatic nitrogens is 1. The molecule has 0 spiro atoms. The van der Waals surface area contributed by atoms with Gasteiger partial charge in [0.15, 0.2) is 5.82 Å². The Morgan fingerprint density at radius 3 is 2.70 bits per heavy atom. The molecule has 2 rings (SSSR count). The molecule has 23 heavy (non-hydrogen) atoms. The third-order valence-corrected chi connectivity index (χ3v) is 3.87. The summed E-state index contributed by atoms with van der Waals surface area (Å²) in [7, 11) is 3.36. The number of rotatable bonds is 5. The molecule has 2 N–H and O–H groups in total. The van der Waals surface area contributed by atoms with Crippen molar-refractivity contribution in [3.63, 3.8) is 0 Å². The predicted molar refractivity (Wildman–Crippen MR) is 89.2 cm³/mol. The van der Waals surface area contributed by atoms with Crippen molar-refractivity contribution in [2.45, 2.75) is 6.61 Å². The maximum Gasteiger partial charge on any atom is 0.293 e. The number of nitrogens with two attached hydrogens (primary N) is 1. The number of carbonyl (C=O) groups is 1. The number of halogens is 3. The highest BCUT2D eigenvalue weighted by molar-refractivity contribution is 6.34. The van der Waals surface area contributed by atoms with E-state index < -0.39 is 5.82 Å². The molecule has 1 aromatic carbocycles. The molecule has 0 atom stereocenters. The molecule has 0 amide bonds. The second-order valence-corrected chi connectivity index (χ2v) is 5.70. The van der Waals surface area contributed by atoms with E-state index in [1.807, 2.05) is 0 Å². The van der Waals surface area contributed by atoms with Crippen LogP contribution in [0.2, 0.25) is 10.0 Å². The summed E-state index contributed by atoms with van der Waals surface area (Å²) in [5.41, 5.74) is 7.02. The summed E-state index contributed by atoms with van der Waals surface area (Å²) in [6, 6.07) is 4.53. The van der Waals surface area contributed by atoms with Crippen molar-refractivity contribution in [1.82, 2.24) is 4.98 Å². The Hall–Kier alpha value is -2.05. The van der Waals surface area contributed by atoms with Crippen LogP contribution in [0.15, 0.2) is 18.2 Å². The molecule has 2 aromatic rings. The highest BCUT2D eigenvalue weighted by Crippen LogP contribution is 2.36. The number of ether oxygens (including phenoxy) is 1. The first-order valence-corrected chi connectivity index (χ1v) is 7.28. The van der Waals surface area contributed by atoms with Gasteiger partial charge in [-0.3, -0.25) is 4.79 Å². The molecule has 5 nitrogen and oxygen atoms in total. The minimum atomic E-state index is -0.529. The van der Waals surface area contributed by atoms with E-state index in [0.29, 0.717) is 0 Å². The molecule has 8 heteroatoms. The first-order chi connectivity index (χ1) is 10.9. The number of hydrogen-bond acceptors (Lipinski definition) is 5. The molecule has 0 bridgehead atoms. The van der Waals surface area contributed by atoms with Crippen molar-refractivity contribution in [1.29, 1.82) is 0 Å². The molecular formula is C15H14Cl2FN3O2. The van der Waals surface area contributed by atoms with Gasteiger partial charge in [-0.15, -0.1) is 0 Å². The van der Waals surface area contributed by atoms with E-state index in [9.17, 15) is 9.18 Å². The standard InChI is InChI=1S/C15H14Cl2FN3O2/c1-21(2)15-9(16)4-3-8(14(15)18)11-5-10(19)13(17)12(20-11)6-23-7-22/h3-5,7H,6H2,1-2H3,(H2,19,20). The van der Waals surface area contributed by atoms with Gasteiger partial charge in [-0.25, -0.2) is 9.37 Å². The summed E-state index contributed by atoms with van der Waals surface area (Å²) in [5.74, 6) is -0.529. The maximum atomic E-state index is 14.8. The molecule has 1 aromatic heterocycles. The number of pyridine rings is 1. The smallest absolute Gasteiger partial charge is 0.293 e. The molecule has 0 saturated heterocycles. The minimum absolute atomic E-state index is 0.157. The van der Waals surface area contributed by atoms with Crippen LogP contribution in [0.5, 0.6) is 0 Å². The fraction of sp³-hybridized carbons (Fsp3) is 0.200. The molecule has 0 aliphatic heterocycles. The zero-order valence-electron chi connectivity index (χ0n) is 12.4. The van der Waals surface area contributed by atoms with Crippen LogP contribution >= 0.6 is 23.2 Å². The van der Waals surface area contributed by atoms with Crippen LogP contribution in [0, 0.1) is 5.82 Å². The summed E-state index contributed by atoms with van der Waals surface area (Å²) in [6.07, 6.45) is 0. The molecule has 0 fully saturated rings. The first-order valence-electron chi connectivity index (χ1n) is 6.52. The Labute approximate surface area is 142 Å². The van der Waals surface area contributed by atoms with Crippen LogP contribution in [-0.2, 0) is 16.1 Å². The Bertz CT molecular complexity index is 754. The Morgan fingerprint density at radius 1 is 1.39 bits per heavy atom. The van der Waals surface area contributed by atoms with Gasteiger partial charge in [-0.05, 0) is 18.2 Å². The lowest BCUT2D eigenvalue weighted by Gasteiger charge is -2.18. The largest absolute Gasteiger partial charge is 0.461 e. The Kier molecular flexibility index (Phi) is 5.28. The number of nitrogen functional groups attached to an aromatic ring is 1. The summed E-state index contributed by atoms with van der Waals surface area (Å²) in [5, 5.41) is 0.445. The molecular weight excluding hydrogens is 344 g/mol. The predicted octanol–water partition coefficient (Wildman–Crippen LogP) is 3.52. The lowest BCUT2D eigenvalue weighted by molar-refractivity contribution is -0.129. The number of anilines is 2. The van der Waals surface area contributed by atoms with Crippen molar-refractivity contribution in [2.24, 2.45) is 0 Å². The van der Waals surface area contributed by atoms with Gasteiger partial charge in [0.1, 0.15) is 6.61 Å². The normalized spacial score (nSPS) is 10.5. The molecule has 122 valence electrons. The number of hydrogen-bond donors (Lipinski definition) is 1. The minimum Gasteiger partial charge on any atom is -0.461 e. The second-order valence-electron chi connectivity index (χ2n) is 4.92. The van der Waals surface area contributed by atoms with Crippen molar-refractivity contribution < 1.29 is 13.9 Å². The monoisotopic (exact) mass is 357 g/mol. The van der Waals surface area contributed by atoms with Crippen LogP contribution in [-0.4, -0.2) is 25.6 Å². The maximum absolute atomic E-state index is 14.8. The summed E-state index contributed by atoms with van der Waals surface area (Å²) in [6.45, 7) is 0.115. The fourth-order valence-corrected chi connectivity index (χ4v) is 2.57. The van der Waals surface area contributed by atoms with Crippen molar-refractivity contribution >= 4 is 41.0 Å². The summed E-state index contributed by atoms with van der Waals surface area (Å²) >= 11 is 12.1. The number of nitrogens with zero attached hydrogens (tertiary/aromatic N) is 2. The summed E-state index contributed by atoms with van der Waals surface area (Å²) in [4.78, 5) is 16.1. The molecule has 0 radical (unpaired) electrons. The van der Waals surface area contributed by atoms with Crippen molar-refractivity contribution in [3.05, 3.63) is 39.8 Å². The Morgan fingerprint density at radius 2 is 2.09 bits per heavy atom. The fourth-order valence-electron chi connectivity index (χ4n) is 2.10. The van der Waals surface area contributed by atoms with E-state index >= 15 is 0 Å². The number of benzene rings is 1. The van der Waals surface area contributed by atoms with Crippen LogP contribution in [0.25, 0.3) is 11.3 Å². The lowest BCUT2D eigenvalue weighted by Crippen LogP contribution is -2.12. The van der Waals surface area contributed by atoms with Crippen molar-refractivity contribution in [3.8, 4) is 11.3 Å². The lowest BCUT2D eigenvalue weighted by atomic mass is 10.1. The van der Waals surface area contributed by atoms with E-state index in [0.717, 1.165) is 0 Å². The molecule has 1 heterocycles. The highest BCUT2D eigenvalue weighted by Gasteiger charge is 2.18. The Balaban J connectivity index is 2.61. The summed E-state index contributed by atoms with van der Waals surface area (Å²) < 4.78 is 19.4. The van der Waals surface area contributed by atoms with E-state index in [-0.39, 0.29) is 51.5 Å². The van der Waals surface area contributed by atoms with Crippen LogP contribution in [0.3, 0.4) is 0 Å². The third kappa shape index (κ3) is 3.48. The van der Waals surface area contributed by atoms with Gasteiger partial charge >= 0.3 is 0 Å². The quantitative estimate of drug-likeness (QED) is 0.829. The van der Waals surface area contributed by atoms with Gasteiger partial charge in [0.05, 0.1) is 32.8 Å². The number of carbonyl (C=O) groups excluding carboxylic acids is 1. The second kappa shape index (κ2) is 7.02. The van der Waals surface area contributed by atoms with Gasteiger partial charge < -0.3 is 15.4 Å². The van der Waals surface area contributed by atoms with Gasteiger partial charge in [-0.2, -0.15) is 0 Å². The first kappa shape index (κ1) is 17.3. The van der Waals surface area contributed by atoms with Crippen molar-refractivity contribution in [2.75, 3.05) is 24.7 Å². The third-order valence-electron chi connectivity index (χ3n) is 3.13. The zero-order valence-corrected chi connectivity index (χ0v) is 14.0. The van der Waals surface area contributed by atoms with Crippen LogP contribution < -0.4 is 10.6 Å². The van der Waals surface area contributed by atoms with E-state index in [4.69, 9.17) is 28.9 Å². The van der Waals surface area contributed by atoms with Crippen LogP contribution in [0.1, 0.15) is 5.69 Å². The molecule has 0 aliphatic rings. The highest BCUT2D eigenvalue weighted by atomic mass is 35.5.